The Hall–Kier alpha value is -2.92. The summed E-state index contributed by atoms with van der Waals surface area (Å²) in [6.07, 6.45) is 0. The Morgan fingerprint density at radius 2 is 1.83 bits per heavy atom. The van der Waals surface area contributed by atoms with E-state index in [1.807, 2.05) is 26.0 Å². The second kappa shape index (κ2) is 9.72. The van der Waals surface area contributed by atoms with Crippen molar-refractivity contribution in [2.24, 2.45) is 0 Å². The van der Waals surface area contributed by atoms with Crippen LogP contribution in [0.1, 0.15) is 54.1 Å². The van der Waals surface area contributed by atoms with Crippen molar-refractivity contribution in [2.75, 3.05) is 11.9 Å². The van der Waals surface area contributed by atoms with E-state index in [-0.39, 0.29) is 24.2 Å². The first-order valence-corrected chi connectivity index (χ1v) is 10.3. The molecule has 0 aliphatic carbocycles. The van der Waals surface area contributed by atoms with Crippen molar-refractivity contribution in [3.8, 4) is 11.5 Å². The first-order valence-electron chi connectivity index (χ1n) is 9.93. The number of carbonyl (C=O) groups is 1. The molecule has 0 unspecified atom stereocenters. The number of hydrogen-bond donors (Lipinski definition) is 1. The zero-order chi connectivity index (χ0) is 21.7. The van der Waals surface area contributed by atoms with Crippen molar-refractivity contribution < 1.29 is 18.7 Å². The van der Waals surface area contributed by atoms with Crippen molar-refractivity contribution in [2.45, 2.75) is 40.2 Å². The molecule has 1 heterocycles. The number of ether oxygens (including phenoxy) is 2. The highest BCUT2D eigenvalue weighted by molar-refractivity contribution is 6.31. The van der Waals surface area contributed by atoms with Gasteiger partial charge in [0.2, 0.25) is 0 Å². The number of nitrogens with one attached hydrogen (secondary N) is 1. The van der Waals surface area contributed by atoms with Gasteiger partial charge in [-0.05, 0) is 79.4 Å². The van der Waals surface area contributed by atoms with E-state index >= 15 is 0 Å². The third kappa shape index (κ3) is 5.36. The summed E-state index contributed by atoms with van der Waals surface area (Å²) in [5.74, 6) is 2.25. The highest BCUT2D eigenvalue weighted by atomic mass is 35.5. The molecular formula is C24H26ClNO4. The largest absolute Gasteiger partial charge is 0.494 e. The van der Waals surface area contributed by atoms with Crippen LogP contribution < -0.4 is 14.8 Å². The minimum absolute atomic E-state index is 0.219. The average molecular weight is 428 g/mol. The first kappa shape index (κ1) is 21.8. The summed E-state index contributed by atoms with van der Waals surface area (Å²) in [6.45, 7) is 8.85. The highest BCUT2D eigenvalue weighted by Gasteiger charge is 2.14. The van der Waals surface area contributed by atoms with Crippen molar-refractivity contribution in [3.63, 3.8) is 0 Å². The van der Waals surface area contributed by atoms with E-state index in [2.05, 4.69) is 19.2 Å². The summed E-state index contributed by atoms with van der Waals surface area (Å²) in [4.78, 5) is 12.4. The maximum atomic E-state index is 12.4. The first-order chi connectivity index (χ1) is 14.4. The standard InChI is InChI=1S/C24H26ClNO4/c1-5-28-18-8-6-17(7-9-18)26-24(27)22-11-10-19(30-22)14-29-23-12-16(4)21(25)13-20(23)15(2)3/h6-13,15H,5,14H2,1-4H3,(H,26,27). The van der Waals surface area contributed by atoms with Gasteiger partial charge in [0.25, 0.3) is 5.91 Å². The highest BCUT2D eigenvalue weighted by Crippen LogP contribution is 2.32. The molecule has 1 aromatic heterocycles. The molecular weight excluding hydrogens is 402 g/mol. The Morgan fingerprint density at radius 1 is 1.10 bits per heavy atom. The van der Waals surface area contributed by atoms with Gasteiger partial charge >= 0.3 is 0 Å². The molecule has 0 atom stereocenters. The van der Waals surface area contributed by atoms with Gasteiger partial charge < -0.3 is 19.2 Å². The molecule has 1 N–H and O–H groups in total. The van der Waals surface area contributed by atoms with Crippen LogP contribution in [0.2, 0.25) is 5.02 Å². The normalized spacial score (nSPS) is 10.9. The third-order valence-electron chi connectivity index (χ3n) is 4.59. The molecule has 0 radical (unpaired) electrons. The second-order valence-corrected chi connectivity index (χ2v) is 7.67. The molecule has 0 aliphatic heterocycles. The number of halogens is 1. The summed E-state index contributed by atoms with van der Waals surface area (Å²) in [7, 11) is 0. The molecule has 0 saturated carbocycles. The minimum Gasteiger partial charge on any atom is -0.494 e. The Kier molecular flexibility index (Phi) is 7.06. The predicted molar refractivity (Wildman–Crippen MR) is 119 cm³/mol. The quantitative estimate of drug-likeness (QED) is 0.440. The van der Waals surface area contributed by atoms with E-state index in [0.717, 1.165) is 27.6 Å². The number of carbonyl (C=O) groups excluding carboxylic acids is 1. The topological polar surface area (TPSA) is 60.7 Å². The summed E-state index contributed by atoms with van der Waals surface area (Å²) in [5, 5.41) is 3.53. The Balaban J connectivity index is 1.64. The lowest BCUT2D eigenvalue weighted by molar-refractivity contribution is 0.0992. The molecule has 0 fully saturated rings. The van der Waals surface area contributed by atoms with Gasteiger partial charge in [-0.25, -0.2) is 0 Å². The van der Waals surface area contributed by atoms with Crippen LogP contribution in [-0.4, -0.2) is 12.5 Å². The molecule has 30 heavy (non-hydrogen) atoms. The average Bonchev–Trinajstić information content (AvgIpc) is 3.19. The molecule has 5 nitrogen and oxygen atoms in total. The summed E-state index contributed by atoms with van der Waals surface area (Å²) < 4.78 is 17.0. The van der Waals surface area contributed by atoms with Gasteiger partial charge in [-0.1, -0.05) is 25.4 Å². The van der Waals surface area contributed by atoms with Crippen molar-refractivity contribution >= 4 is 23.2 Å². The molecule has 1 amide bonds. The van der Waals surface area contributed by atoms with Gasteiger partial charge in [-0.3, -0.25) is 4.79 Å². The Labute approximate surface area is 182 Å². The summed E-state index contributed by atoms with van der Waals surface area (Å²) in [5.41, 5.74) is 2.65. The van der Waals surface area contributed by atoms with Crippen molar-refractivity contribution in [1.29, 1.82) is 0 Å². The number of benzene rings is 2. The molecule has 0 spiro atoms. The van der Waals surface area contributed by atoms with Crippen LogP contribution in [0.15, 0.2) is 52.9 Å². The van der Waals surface area contributed by atoms with Crippen molar-refractivity contribution in [1.82, 2.24) is 0 Å². The van der Waals surface area contributed by atoms with Crippen LogP contribution in [0, 0.1) is 6.92 Å². The van der Waals surface area contributed by atoms with Crippen LogP contribution in [0.3, 0.4) is 0 Å². The maximum Gasteiger partial charge on any atom is 0.291 e. The van der Waals surface area contributed by atoms with Crippen LogP contribution >= 0.6 is 11.6 Å². The number of aryl methyl sites for hydroxylation is 1. The Morgan fingerprint density at radius 3 is 2.50 bits per heavy atom. The smallest absolute Gasteiger partial charge is 0.291 e. The van der Waals surface area contributed by atoms with Crippen LogP contribution in [0.4, 0.5) is 5.69 Å². The van der Waals surface area contributed by atoms with E-state index in [4.69, 9.17) is 25.5 Å². The van der Waals surface area contributed by atoms with Gasteiger partial charge in [-0.15, -0.1) is 0 Å². The summed E-state index contributed by atoms with van der Waals surface area (Å²) >= 11 is 6.25. The van der Waals surface area contributed by atoms with E-state index in [9.17, 15) is 4.79 Å². The second-order valence-electron chi connectivity index (χ2n) is 7.26. The summed E-state index contributed by atoms with van der Waals surface area (Å²) in [6, 6.07) is 14.4. The molecule has 0 aliphatic rings. The fourth-order valence-corrected chi connectivity index (χ4v) is 3.14. The lowest BCUT2D eigenvalue weighted by Crippen LogP contribution is -2.10. The number of amides is 1. The minimum atomic E-state index is -0.324. The van der Waals surface area contributed by atoms with E-state index in [0.29, 0.717) is 18.1 Å². The van der Waals surface area contributed by atoms with E-state index < -0.39 is 0 Å². The lowest BCUT2D eigenvalue weighted by atomic mass is 10.0. The van der Waals surface area contributed by atoms with Gasteiger partial charge in [0.15, 0.2) is 5.76 Å². The van der Waals surface area contributed by atoms with Gasteiger partial charge in [0.05, 0.1) is 6.61 Å². The van der Waals surface area contributed by atoms with Gasteiger partial charge in [0, 0.05) is 10.7 Å². The predicted octanol–water partition coefficient (Wildman–Crippen LogP) is 6.59. The zero-order valence-electron chi connectivity index (χ0n) is 17.6. The Bertz CT molecular complexity index is 1010. The number of anilines is 1. The van der Waals surface area contributed by atoms with Crippen LogP contribution in [-0.2, 0) is 6.61 Å². The number of furan rings is 1. The van der Waals surface area contributed by atoms with E-state index in [1.54, 1.807) is 36.4 Å². The fraction of sp³-hybridized carbons (Fsp3) is 0.292. The zero-order valence-corrected chi connectivity index (χ0v) is 18.4. The third-order valence-corrected chi connectivity index (χ3v) is 5.00. The molecule has 0 saturated heterocycles. The monoisotopic (exact) mass is 427 g/mol. The molecule has 0 bridgehead atoms. The lowest BCUT2D eigenvalue weighted by Gasteiger charge is -2.15. The molecule has 6 heteroatoms. The van der Waals surface area contributed by atoms with E-state index in [1.165, 1.54) is 0 Å². The fourth-order valence-electron chi connectivity index (χ4n) is 2.97. The van der Waals surface area contributed by atoms with Crippen LogP contribution in [0.5, 0.6) is 11.5 Å². The molecule has 158 valence electrons. The maximum absolute atomic E-state index is 12.4. The molecule has 3 aromatic rings. The number of hydrogen-bond acceptors (Lipinski definition) is 4. The van der Waals surface area contributed by atoms with Gasteiger partial charge in [-0.2, -0.15) is 0 Å². The van der Waals surface area contributed by atoms with Crippen molar-refractivity contribution in [3.05, 3.63) is 76.2 Å². The number of rotatable bonds is 8. The van der Waals surface area contributed by atoms with Crippen LogP contribution in [0.25, 0.3) is 0 Å². The SMILES string of the molecule is CCOc1ccc(NC(=O)c2ccc(COc3cc(C)c(Cl)cc3C(C)C)o2)cc1. The molecule has 3 rings (SSSR count). The van der Waals surface area contributed by atoms with Gasteiger partial charge in [0.1, 0.15) is 23.9 Å². The molecule has 2 aromatic carbocycles.